The van der Waals surface area contributed by atoms with Crippen LogP contribution < -0.4 is 14.8 Å². The van der Waals surface area contributed by atoms with Gasteiger partial charge in [0, 0.05) is 39.0 Å². The molecule has 0 saturated carbocycles. The SMILES string of the molecule is CCc1nc(CCNC(=NC)N(C)CCc2ccc(OC)c(OC)c2)cs1. The molecule has 0 aliphatic heterocycles. The maximum atomic E-state index is 5.38. The molecule has 0 spiro atoms. The Morgan fingerprint density at radius 3 is 2.63 bits per heavy atom. The number of nitrogens with zero attached hydrogens (tertiary/aromatic N) is 3. The highest BCUT2D eigenvalue weighted by Crippen LogP contribution is 2.27. The Kier molecular flexibility index (Phi) is 8.39. The van der Waals surface area contributed by atoms with Gasteiger partial charge in [0.25, 0.3) is 0 Å². The third-order valence-electron chi connectivity index (χ3n) is 4.32. The van der Waals surface area contributed by atoms with Gasteiger partial charge in [0.1, 0.15) is 0 Å². The number of aliphatic imine (C=N–C) groups is 1. The maximum absolute atomic E-state index is 5.38. The normalized spacial score (nSPS) is 11.4. The van der Waals surface area contributed by atoms with Crippen LogP contribution in [-0.4, -0.2) is 57.2 Å². The van der Waals surface area contributed by atoms with E-state index in [1.165, 1.54) is 10.6 Å². The quantitative estimate of drug-likeness (QED) is 0.527. The summed E-state index contributed by atoms with van der Waals surface area (Å²) in [6, 6.07) is 6.04. The van der Waals surface area contributed by atoms with Crippen LogP contribution in [0.25, 0.3) is 0 Å². The topological polar surface area (TPSA) is 59.0 Å². The monoisotopic (exact) mass is 390 g/mol. The molecule has 0 radical (unpaired) electrons. The Balaban J connectivity index is 1.83. The van der Waals surface area contributed by atoms with Crippen LogP contribution in [0.5, 0.6) is 11.5 Å². The number of aryl methyl sites for hydroxylation is 1. The van der Waals surface area contributed by atoms with Crippen molar-refractivity contribution >= 4 is 17.3 Å². The van der Waals surface area contributed by atoms with Crippen LogP contribution in [0.3, 0.4) is 0 Å². The molecule has 2 rings (SSSR count). The molecule has 0 unspecified atom stereocenters. The number of guanidine groups is 1. The number of benzene rings is 1. The van der Waals surface area contributed by atoms with Gasteiger partial charge in [-0.3, -0.25) is 4.99 Å². The molecule has 7 heteroatoms. The fourth-order valence-electron chi connectivity index (χ4n) is 2.75. The molecule has 0 saturated heterocycles. The van der Waals surface area contributed by atoms with Crippen LogP contribution in [0.4, 0.5) is 0 Å². The minimum atomic E-state index is 0.750. The lowest BCUT2D eigenvalue weighted by atomic mass is 10.1. The van der Waals surface area contributed by atoms with E-state index in [9.17, 15) is 0 Å². The minimum Gasteiger partial charge on any atom is -0.493 e. The van der Waals surface area contributed by atoms with Crippen molar-refractivity contribution in [3.8, 4) is 11.5 Å². The van der Waals surface area contributed by atoms with Gasteiger partial charge in [0.2, 0.25) is 0 Å². The smallest absolute Gasteiger partial charge is 0.193 e. The summed E-state index contributed by atoms with van der Waals surface area (Å²) >= 11 is 1.73. The second-order valence-electron chi connectivity index (χ2n) is 6.17. The van der Waals surface area contributed by atoms with E-state index in [2.05, 4.69) is 38.6 Å². The summed E-state index contributed by atoms with van der Waals surface area (Å²) in [7, 11) is 7.17. The zero-order valence-electron chi connectivity index (χ0n) is 16.9. The van der Waals surface area contributed by atoms with E-state index in [1.807, 2.05) is 26.2 Å². The van der Waals surface area contributed by atoms with E-state index in [4.69, 9.17) is 9.47 Å². The predicted octanol–water partition coefficient (Wildman–Crippen LogP) is 3.02. The molecule has 0 aliphatic rings. The van der Waals surface area contributed by atoms with Gasteiger partial charge >= 0.3 is 0 Å². The average molecular weight is 391 g/mol. The van der Waals surface area contributed by atoms with Crippen molar-refractivity contribution in [1.82, 2.24) is 15.2 Å². The third kappa shape index (κ3) is 6.13. The second-order valence-corrected chi connectivity index (χ2v) is 7.11. The van der Waals surface area contributed by atoms with Gasteiger partial charge in [-0.1, -0.05) is 13.0 Å². The lowest BCUT2D eigenvalue weighted by Crippen LogP contribution is -2.40. The van der Waals surface area contributed by atoms with Crippen molar-refractivity contribution in [3.05, 3.63) is 39.8 Å². The summed E-state index contributed by atoms with van der Waals surface area (Å²) in [5.74, 6) is 2.40. The fourth-order valence-corrected chi connectivity index (χ4v) is 3.53. The van der Waals surface area contributed by atoms with E-state index < -0.39 is 0 Å². The van der Waals surface area contributed by atoms with E-state index in [0.717, 1.165) is 55.5 Å². The molecule has 1 aromatic heterocycles. The number of likely N-dealkylation sites (N-methyl/N-ethyl adjacent to an activating group) is 1. The summed E-state index contributed by atoms with van der Waals surface area (Å²) in [5.41, 5.74) is 2.34. The molecule has 1 aromatic carbocycles. The number of methoxy groups -OCH3 is 2. The Morgan fingerprint density at radius 1 is 1.22 bits per heavy atom. The number of nitrogens with one attached hydrogen (secondary N) is 1. The molecular weight excluding hydrogens is 360 g/mol. The highest BCUT2D eigenvalue weighted by molar-refractivity contribution is 7.09. The molecular formula is C20H30N4O2S. The molecule has 6 nitrogen and oxygen atoms in total. The third-order valence-corrected chi connectivity index (χ3v) is 5.37. The van der Waals surface area contributed by atoms with Crippen molar-refractivity contribution in [2.45, 2.75) is 26.2 Å². The Morgan fingerprint density at radius 2 is 2.00 bits per heavy atom. The van der Waals surface area contributed by atoms with Crippen LogP contribution >= 0.6 is 11.3 Å². The van der Waals surface area contributed by atoms with Crippen molar-refractivity contribution < 1.29 is 9.47 Å². The lowest BCUT2D eigenvalue weighted by Gasteiger charge is -2.22. The van der Waals surface area contributed by atoms with Crippen molar-refractivity contribution in [1.29, 1.82) is 0 Å². The van der Waals surface area contributed by atoms with Crippen LogP contribution in [0, 0.1) is 0 Å². The molecule has 148 valence electrons. The molecule has 2 aromatic rings. The van der Waals surface area contributed by atoms with Gasteiger partial charge in [-0.25, -0.2) is 4.98 Å². The van der Waals surface area contributed by atoms with Gasteiger partial charge in [-0.05, 0) is 30.5 Å². The van der Waals surface area contributed by atoms with Gasteiger partial charge < -0.3 is 19.7 Å². The first-order valence-electron chi connectivity index (χ1n) is 9.17. The van der Waals surface area contributed by atoms with Crippen molar-refractivity contribution in [2.75, 3.05) is 41.4 Å². The van der Waals surface area contributed by atoms with Crippen molar-refractivity contribution in [3.63, 3.8) is 0 Å². The standard InChI is InChI=1S/C20H30N4O2S/c1-6-19-23-16(14-27-19)9-11-22-20(21-2)24(3)12-10-15-7-8-17(25-4)18(13-15)26-5/h7-8,13-14H,6,9-12H2,1-5H3,(H,21,22). The maximum Gasteiger partial charge on any atom is 0.193 e. The Labute approximate surface area is 166 Å². The van der Waals surface area contributed by atoms with Gasteiger partial charge in [0.15, 0.2) is 17.5 Å². The van der Waals surface area contributed by atoms with Crippen molar-refractivity contribution in [2.24, 2.45) is 4.99 Å². The van der Waals surface area contributed by atoms with Gasteiger partial charge in [0.05, 0.1) is 24.9 Å². The van der Waals surface area contributed by atoms with Crippen LogP contribution in [0.15, 0.2) is 28.6 Å². The zero-order valence-corrected chi connectivity index (χ0v) is 17.7. The summed E-state index contributed by atoms with van der Waals surface area (Å²) in [6.45, 7) is 3.81. The second kappa shape index (κ2) is 10.8. The minimum absolute atomic E-state index is 0.750. The van der Waals surface area contributed by atoms with Crippen LogP contribution in [-0.2, 0) is 19.3 Å². The Bertz CT molecular complexity index is 745. The highest BCUT2D eigenvalue weighted by atomic mass is 32.1. The molecule has 1 heterocycles. The van der Waals surface area contributed by atoms with Gasteiger partial charge in [-0.15, -0.1) is 11.3 Å². The molecule has 0 aliphatic carbocycles. The average Bonchev–Trinajstić information content (AvgIpc) is 3.17. The van der Waals surface area contributed by atoms with Gasteiger partial charge in [-0.2, -0.15) is 0 Å². The molecule has 0 bridgehead atoms. The fraction of sp³-hybridized carbons (Fsp3) is 0.500. The predicted molar refractivity (Wildman–Crippen MR) is 112 cm³/mol. The number of hydrogen-bond donors (Lipinski definition) is 1. The number of aromatic nitrogens is 1. The highest BCUT2D eigenvalue weighted by Gasteiger charge is 2.09. The number of thiazole rings is 1. The zero-order chi connectivity index (χ0) is 19.6. The first-order chi connectivity index (χ1) is 13.1. The molecule has 1 N–H and O–H groups in total. The first-order valence-corrected chi connectivity index (χ1v) is 10.0. The summed E-state index contributed by atoms with van der Waals surface area (Å²) in [6.07, 6.45) is 2.79. The molecule has 27 heavy (non-hydrogen) atoms. The number of ether oxygens (including phenoxy) is 2. The van der Waals surface area contributed by atoms with E-state index in [1.54, 1.807) is 25.6 Å². The first kappa shape index (κ1) is 21.0. The van der Waals surface area contributed by atoms with E-state index >= 15 is 0 Å². The summed E-state index contributed by atoms with van der Waals surface area (Å²) in [4.78, 5) is 11.1. The largest absolute Gasteiger partial charge is 0.493 e. The molecule has 0 atom stereocenters. The summed E-state index contributed by atoms with van der Waals surface area (Å²) < 4.78 is 10.7. The van der Waals surface area contributed by atoms with Crippen LogP contribution in [0.1, 0.15) is 23.2 Å². The summed E-state index contributed by atoms with van der Waals surface area (Å²) in [5, 5.41) is 6.76. The van der Waals surface area contributed by atoms with E-state index in [0.29, 0.717) is 0 Å². The number of rotatable bonds is 9. The lowest BCUT2D eigenvalue weighted by molar-refractivity contribution is 0.354. The van der Waals surface area contributed by atoms with Crippen LogP contribution in [0.2, 0.25) is 0 Å². The molecule has 0 amide bonds. The number of hydrogen-bond acceptors (Lipinski definition) is 5. The van der Waals surface area contributed by atoms with E-state index in [-0.39, 0.29) is 0 Å². The molecule has 0 fully saturated rings. The Hall–Kier alpha value is -2.28.